The molecule has 1 nitrogen and oxygen atoms in total. The molecule has 0 saturated carbocycles. The van der Waals surface area contributed by atoms with E-state index in [9.17, 15) is 0 Å². The molecule has 0 amide bonds. The number of hydrogen-bond donors (Lipinski definition) is 0. The van der Waals surface area contributed by atoms with Gasteiger partial charge in [-0.1, -0.05) is 18.5 Å². The molecule has 4 heteroatoms. The van der Waals surface area contributed by atoms with Crippen molar-refractivity contribution in [1.82, 2.24) is 0 Å². The largest absolute Gasteiger partial charge is 0.492 e. The van der Waals surface area contributed by atoms with E-state index in [1.54, 1.807) is 11.8 Å². The Morgan fingerprint density at radius 2 is 2.21 bits per heavy atom. The third-order valence-corrected chi connectivity index (χ3v) is 2.92. The van der Waals surface area contributed by atoms with E-state index < -0.39 is 0 Å². The first-order valence-electron chi connectivity index (χ1n) is 4.39. The zero-order valence-electron chi connectivity index (χ0n) is 7.93. The molecule has 1 aromatic carbocycles. The molecule has 0 bridgehead atoms. The number of halogens is 2. The van der Waals surface area contributed by atoms with Crippen LogP contribution in [0.25, 0.3) is 0 Å². The van der Waals surface area contributed by atoms with Gasteiger partial charge in [-0.25, -0.2) is 0 Å². The van der Waals surface area contributed by atoms with Crippen LogP contribution < -0.4 is 4.74 Å². The SMILES string of the molecule is CCCOc1cc(SCCl)ccc1Cl. The van der Waals surface area contributed by atoms with Crippen molar-refractivity contribution in [1.29, 1.82) is 0 Å². The number of rotatable bonds is 5. The van der Waals surface area contributed by atoms with Crippen molar-refractivity contribution in [2.75, 3.05) is 11.8 Å². The fourth-order valence-electron chi connectivity index (χ4n) is 0.959. The zero-order valence-corrected chi connectivity index (χ0v) is 10.3. The van der Waals surface area contributed by atoms with Gasteiger partial charge >= 0.3 is 0 Å². The van der Waals surface area contributed by atoms with E-state index in [1.807, 2.05) is 18.2 Å². The molecule has 1 aromatic rings. The lowest BCUT2D eigenvalue weighted by Crippen LogP contribution is -1.95. The van der Waals surface area contributed by atoms with Gasteiger partial charge in [-0.3, -0.25) is 0 Å². The van der Waals surface area contributed by atoms with Gasteiger partial charge in [0.1, 0.15) is 5.75 Å². The second kappa shape index (κ2) is 6.44. The molecule has 0 aliphatic carbocycles. The van der Waals surface area contributed by atoms with Gasteiger partial charge in [-0.05, 0) is 24.6 Å². The van der Waals surface area contributed by atoms with Crippen LogP contribution >= 0.6 is 35.0 Å². The molecule has 0 aliphatic heterocycles. The van der Waals surface area contributed by atoms with E-state index in [-0.39, 0.29) is 0 Å². The Bertz CT molecular complexity index is 291. The van der Waals surface area contributed by atoms with Crippen molar-refractivity contribution in [2.24, 2.45) is 0 Å². The average Bonchev–Trinajstić information content (AvgIpc) is 2.19. The summed E-state index contributed by atoms with van der Waals surface area (Å²) in [6, 6.07) is 5.70. The van der Waals surface area contributed by atoms with Gasteiger partial charge in [0, 0.05) is 4.90 Å². The highest BCUT2D eigenvalue weighted by atomic mass is 35.5. The smallest absolute Gasteiger partial charge is 0.138 e. The van der Waals surface area contributed by atoms with Gasteiger partial charge in [0.15, 0.2) is 0 Å². The van der Waals surface area contributed by atoms with Gasteiger partial charge in [-0.2, -0.15) is 0 Å². The normalized spacial score (nSPS) is 10.2. The van der Waals surface area contributed by atoms with Gasteiger partial charge in [-0.15, -0.1) is 23.4 Å². The second-order valence-corrected chi connectivity index (χ2v) is 4.73. The number of benzene rings is 1. The summed E-state index contributed by atoms with van der Waals surface area (Å²) in [6.07, 6.45) is 0.975. The van der Waals surface area contributed by atoms with E-state index in [0.29, 0.717) is 16.8 Å². The summed E-state index contributed by atoms with van der Waals surface area (Å²) < 4.78 is 5.48. The van der Waals surface area contributed by atoms with Gasteiger partial charge in [0.2, 0.25) is 0 Å². The van der Waals surface area contributed by atoms with E-state index in [0.717, 1.165) is 17.1 Å². The first-order chi connectivity index (χ1) is 6.77. The molecule has 0 aliphatic rings. The lowest BCUT2D eigenvalue weighted by molar-refractivity contribution is 0.317. The van der Waals surface area contributed by atoms with E-state index >= 15 is 0 Å². The molecular weight excluding hydrogens is 239 g/mol. The van der Waals surface area contributed by atoms with Crippen LogP contribution in [0.2, 0.25) is 5.02 Å². The molecule has 0 unspecified atom stereocenters. The Labute approximate surface area is 98.7 Å². The van der Waals surface area contributed by atoms with E-state index in [4.69, 9.17) is 27.9 Å². The Morgan fingerprint density at radius 3 is 2.86 bits per heavy atom. The highest BCUT2D eigenvalue weighted by molar-refractivity contribution is 8.00. The van der Waals surface area contributed by atoms with Crippen LogP contribution in [0.4, 0.5) is 0 Å². The summed E-state index contributed by atoms with van der Waals surface area (Å²) >= 11 is 13.1. The number of hydrogen-bond acceptors (Lipinski definition) is 2. The lowest BCUT2D eigenvalue weighted by Gasteiger charge is -2.08. The molecule has 0 heterocycles. The maximum Gasteiger partial charge on any atom is 0.138 e. The summed E-state index contributed by atoms with van der Waals surface area (Å²) in [4.78, 5) is 1.08. The van der Waals surface area contributed by atoms with Crippen molar-refractivity contribution in [3.63, 3.8) is 0 Å². The topological polar surface area (TPSA) is 9.23 Å². The van der Waals surface area contributed by atoms with Gasteiger partial charge in [0.25, 0.3) is 0 Å². The molecule has 0 atom stereocenters. The first-order valence-corrected chi connectivity index (χ1v) is 6.29. The predicted octanol–water partition coefficient (Wildman–Crippen LogP) is 4.42. The molecule has 0 saturated heterocycles. The molecule has 0 spiro atoms. The molecule has 0 aromatic heterocycles. The first kappa shape index (κ1) is 12.0. The maximum absolute atomic E-state index is 5.96. The van der Waals surface area contributed by atoms with E-state index in [1.165, 1.54) is 0 Å². The average molecular weight is 251 g/mol. The summed E-state index contributed by atoms with van der Waals surface area (Å²) in [5, 5.41) is 1.19. The Balaban J connectivity index is 2.74. The van der Waals surface area contributed by atoms with Crippen LogP contribution in [0.1, 0.15) is 13.3 Å². The number of alkyl halides is 1. The van der Waals surface area contributed by atoms with Gasteiger partial charge in [0.05, 0.1) is 16.8 Å². The summed E-state index contributed by atoms with van der Waals surface area (Å²) in [5.41, 5.74) is 0. The number of ether oxygens (including phenoxy) is 1. The highest BCUT2D eigenvalue weighted by Crippen LogP contribution is 2.30. The fourth-order valence-corrected chi connectivity index (χ4v) is 1.99. The van der Waals surface area contributed by atoms with Crippen molar-refractivity contribution in [2.45, 2.75) is 18.2 Å². The quantitative estimate of drug-likeness (QED) is 0.566. The van der Waals surface area contributed by atoms with Crippen LogP contribution in [0, 0.1) is 0 Å². The highest BCUT2D eigenvalue weighted by Gasteiger charge is 2.02. The third kappa shape index (κ3) is 3.60. The maximum atomic E-state index is 5.96. The van der Waals surface area contributed by atoms with Crippen LogP contribution in [0.5, 0.6) is 5.75 Å². The molecule has 0 radical (unpaired) electrons. The van der Waals surface area contributed by atoms with Crippen LogP contribution in [-0.2, 0) is 0 Å². The van der Waals surface area contributed by atoms with Crippen LogP contribution in [0.3, 0.4) is 0 Å². The van der Waals surface area contributed by atoms with Crippen LogP contribution in [-0.4, -0.2) is 11.8 Å². The molecule has 14 heavy (non-hydrogen) atoms. The molecule has 78 valence electrons. The molecule has 1 rings (SSSR count). The molecular formula is C10H12Cl2OS. The standard InChI is InChI=1S/C10H12Cl2OS/c1-2-5-13-10-6-8(14-7-11)3-4-9(10)12/h3-4,6H,2,5,7H2,1H3. The summed E-state index contributed by atoms with van der Waals surface area (Å²) in [6.45, 7) is 2.75. The van der Waals surface area contributed by atoms with Crippen molar-refractivity contribution >= 4 is 35.0 Å². The minimum absolute atomic E-state index is 0.537. The van der Waals surface area contributed by atoms with Gasteiger partial charge < -0.3 is 4.74 Å². The number of thioether (sulfide) groups is 1. The third-order valence-electron chi connectivity index (χ3n) is 1.59. The summed E-state index contributed by atoms with van der Waals surface area (Å²) in [7, 11) is 0. The van der Waals surface area contributed by atoms with E-state index in [2.05, 4.69) is 6.92 Å². The minimum atomic E-state index is 0.537. The van der Waals surface area contributed by atoms with Crippen molar-refractivity contribution in [3.05, 3.63) is 23.2 Å². The predicted molar refractivity (Wildman–Crippen MR) is 63.8 cm³/mol. The summed E-state index contributed by atoms with van der Waals surface area (Å²) in [5.74, 6) is 0.739. The van der Waals surface area contributed by atoms with Crippen LogP contribution in [0.15, 0.2) is 23.1 Å². The van der Waals surface area contributed by atoms with Crippen molar-refractivity contribution < 1.29 is 4.74 Å². The Morgan fingerprint density at radius 1 is 1.43 bits per heavy atom. The second-order valence-electron chi connectivity index (χ2n) is 2.69. The minimum Gasteiger partial charge on any atom is -0.492 e. The monoisotopic (exact) mass is 250 g/mol. The molecule has 0 N–H and O–H groups in total. The zero-order chi connectivity index (χ0) is 10.4. The fraction of sp³-hybridized carbons (Fsp3) is 0.400. The molecule has 0 fully saturated rings. The Hall–Kier alpha value is -0.0500. The lowest BCUT2D eigenvalue weighted by atomic mass is 10.3. The Kier molecular flexibility index (Phi) is 5.53. The van der Waals surface area contributed by atoms with Crippen molar-refractivity contribution in [3.8, 4) is 5.75 Å².